The average Bonchev–Trinajstić information content (AvgIpc) is 2.06. The van der Waals surface area contributed by atoms with E-state index in [9.17, 15) is 4.80 Å². The van der Waals surface area contributed by atoms with Gasteiger partial charge in [-0.05, 0) is 12.1 Å². The fourth-order valence-electron chi connectivity index (χ4n) is 0.747. The minimum atomic E-state index is -2.89. The SMILES string of the molecule is C#C[Si@](C)(O)Oc1ccccc1. The molecule has 2 nitrogen and oxygen atoms in total. The molecule has 0 saturated heterocycles. The molecule has 0 heterocycles. The van der Waals surface area contributed by atoms with E-state index in [2.05, 4.69) is 5.54 Å². The van der Waals surface area contributed by atoms with Gasteiger partial charge in [-0.2, -0.15) is 0 Å². The highest BCUT2D eigenvalue weighted by Crippen LogP contribution is 2.12. The summed E-state index contributed by atoms with van der Waals surface area (Å²) in [6.07, 6.45) is 5.09. The normalized spacial score (nSPS) is 14.4. The van der Waals surface area contributed by atoms with E-state index >= 15 is 0 Å². The predicted molar refractivity (Wildman–Crippen MR) is 49.7 cm³/mol. The highest BCUT2D eigenvalue weighted by molar-refractivity contribution is 6.73. The number of terminal acetylenes is 1. The van der Waals surface area contributed by atoms with Crippen molar-refractivity contribution in [3.8, 4) is 17.7 Å². The number of hydrogen-bond donors (Lipinski definition) is 1. The van der Waals surface area contributed by atoms with E-state index in [1.165, 1.54) is 0 Å². The van der Waals surface area contributed by atoms with Crippen LogP contribution in [0.25, 0.3) is 0 Å². The van der Waals surface area contributed by atoms with E-state index in [-0.39, 0.29) is 0 Å². The molecule has 0 aliphatic carbocycles. The maximum Gasteiger partial charge on any atom is 0.479 e. The molecular weight excluding hydrogens is 168 g/mol. The fourth-order valence-corrected chi connectivity index (χ4v) is 1.40. The molecule has 0 radical (unpaired) electrons. The van der Waals surface area contributed by atoms with Crippen LogP contribution in [0.4, 0.5) is 0 Å². The third-order valence-corrected chi connectivity index (χ3v) is 2.50. The first-order valence-corrected chi connectivity index (χ1v) is 5.94. The zero-order chi connectivity index (χ0) is 9.03. The molecular formula is C9H10O2Si. The van der Waals surface area contributed by atoms with E-state index < -0.39 is 8.56 Å². The molecule has 0 amide bonds. The van der Waals surface area contributed by atoms with Crippen molar-refractivity contribution in [2.24, 2.45) is 0 Å². The predicted octanol–water partition coefficient (Wildman–Crippen LogP) is 1.30. The zero-order valence-corrected chi connectivity index (χ0v) is 7.82. The molecule has 1 aromatic rings. The topological polar surface area (TPSA) is 29.5 Å². The Morgan fingerprint density at radius 2 is 2.00 bits per heavy atom. The van der Waals surface area contributed by atoms with Gasteiger partial charge in [0.15, 0.2) is 0 Å². The van der Waals surface area contributed by atoms with Crippen LogP contribution in [-0.4, -0.2) is 13.4 Å². The summed E-state index contributed by atoms with van der Waals surface area (Å²) >= 11 is 0. The van der Waals surface area contributed by atoms with E-state index in [0.29, 0.717) is 5.75 Å². The second-order valence-corrected chi connectivity index (χ2v) is 5.00. The van der Waals surface area contributed by atoms with Crippen LogP contribution >= 0.6 is 0 Å². The van der Waals surface area contributed by atoms with Crippen molar-refractivity contribution in [2.75, 3.05) is 0 Å². The monoisotopic (exact) mass is 178 g/mol. The van der Waals surface area contributed by atoms with Gasteiger partial charge in [0.2, 0.25) is 0 Å². The van der Waals surface area contributed by atoms with Crippen molar-refractivity contribution in [3.05, 3.63) is 30.3 Å². The number of para-hydroxylation sites is 1. The summed E-state index contributed by atoms with van der Waals surface area (Å²) in [5, 5.41) is 0. The minimum absolute atomic E-state index is 0.618. The van der Waals surface area contributed by atoms with E-state index in [1.807, 2.05) is 18.2 Å². The third kappa shape index (κ3) is 2.42. The largest absolute Gasteiger partial charge is 0.512 e. The van der Waals surface area contributed by atoms with Crippen LogP contribution < -0.4 is 4.43 Å². The lowest BCUT2D eigenvalue weighted by molar-refractivity contribution is 0.402. The van der Waals surface area contributed by atoms with Crippen molar-refractivity contribution in [3.63, 3.8) is 0 Å². The molecule has 0 aromatic heterocycles. The number of hydrogen-bond acceptors (Lipinski definition) is 2. The molecule has 0 aliphatic rings. The van der Waals surface area contributed by atoms with Crippen molar-refractivity contribution in [1.82, 2.24) is 0 Å². The third-order valence-electron chi connectivity index (χ3n) is 1.33. The van der Waals surface area contributed by atoms with Crippen LogP contribution in [0.1, 0.15) is 0 Å². The van der Waals surface area contributed by atoms with Gasteiger partial charge >= 0.3 is 8.56 Å². The molecule has 1 rings (SSSR count). The van der Waals surface area contributed by atoms with Gasteiger partial charge in [0, 0.05) is 6.55 Å². The molecule has 0 unspecified atom stereocenters. The Bertz CT molecular complexity index is 287. The Hall–Kier alpha value is -1.24. The lowest BCUT2D eigenvalue weighted by atomic mass is 10.3. The van der Waals surface area contributed by atoms with Crippen LogP contribution in [0.3, 0.4) is 0 Å². The van der Waals surface area contributed by atoms with E-state index in [0.717, 1.165) is 0 Å². The first-order valence-electron chi connectivity index (χ1n) is 3.58. The standard InChI is InChI=1S/C9H10O2Si/c1-3-12(2,10)11-9-7-5-4-6-8-9/h1,4-8,10H,2H3/t12-/m1/s1. The lowest BCUT2D eigenvalue weighted by Gasteiger charge is -2.14. The molecule has 1 atom stereocenters. The van der Waals surface area contributed by atoms with Crippen LogP contribution in [0.2, 0.25) is 6.55 Å². The van der Waals surface area contributed by atoms with Crippen molar-refractivity contribution >= 4 is 8.56 Å². The zero-order valence-electron chi connectivity index (χ0n) is 6.82. The Labute approximate surface area is 73.1 Å². The summed E-state index contributed by atoms with van der Waals surface area (Å²) in [5.74, 6) is 0.618. The molecule has 0 saturated carbocycles. The molecule has 3 heteroatoms. The van der Waals surface area contributed by atoms with Gasteiger partial charge in [-0.3, -0.25) is 0 Å². The summed E-state index contributed by atoms with van der Waals surface area (Å²) in [6, 6.07) is 9.06. The molecule has 0 fully saturated rings. The van der Waals surface area contributed by atoms with Crippen molar-refractivity contribution in [2.45, 2.75) is 6.55 Å². The summed E-state index contributed by atoms with van der Waals surface area (Å²) in [6.45, 7) is 1.56. The highest BCUT2D eigenvalue weighted by Gasteiger charge is 2.25. The lowest BCUT2D eigenvalue weighted by Crippen LogP contribution is -2.36. The summed E-state index contributed by atoms with van der Waals surface area (Å²) in [4.78, 5) is 9.46. The maximum atomic E-state index is 9.46. The Balaban J connectivity index is 2.72. The smallest absolute Gasteiger partial charge is 0.479 e. The van der Waals surface area contributed by atoms with Crippen LogP contribution in [0.15, 0.2) is 30.3 Å². The summed E-state index contributed by atoms with van der Waals surface area (Å²) in [7, 11) is -2.89. The van der Waals surface area contributed by atoms with E-state index in [4.69, 9.17) is 10.8 Å². The molecule has 12 heavy (non-hydrogen) atoms. The first-order chi connectivity index (χ1) is 5.64. The maximum absolute atomic E-state index is 9.46. The Kier molecular flexibility index (Phi) is 2.53. The molecule has 0 aliphatic heterocycles. The summed E-state index contributed by atoms with van der Waals surface area (Å²) in [5.41, 5.74) is 2.26. The van der Waals surface area contributed by atoms with Gasteiger partial charge in [-0.15, -0.1) is 6.42 Å². The summed E-state index contributed by atoms with van der Waals surface area (Å²) < 4.78 is 5.21. The van der Waals surface area contributed by atoms with Gasteiger partial charge in [0.05, 0.1) is 0 Å². The van der Waals surface area contributed by atoms with Crippen LogP contribution in [0.5, 0.6) is 5.75 Å². The highest BCUT2D eigenvalue weighted by atomic mass is 28.4. The molecule has 1 aromatic carbocycles. The second kappa shape index (κ2) is 3.44. The first kappa shape index (κ1) is 8.85. The molecule has 0 bridgehead atoms. The minimum Gasteiger partial charge on any atom is -0.512 e. The number of benzene rings is 1. The van der Waals surface area contributed by atoms with Gasteiger partial charge in [-0.1, -0.05) is 23.7 Å². The molecule has 1 N–H and O–H groups in total. The Morgan fingerprint density at radius 1 is 1.42 bits per heavy atom. The van der Waals surface area contributed by atoms with Gasteiger partial charge in [0.1, 0.15) is 5.75 Å². The van der Waals surface area contributed by atoms with Crippen molar-refractivity contribution < 1.29 is 9.22 Å². The van der Waals surface area contributed by atoms with Gasteiger partial charge < -0.3 is 9.22 Å². The second-order valence-electron chi connectivity index (χ2n) is 2.54. The van der Waals surface area contributed by atoms with Crippen LogP contribution in [-0.2, 0) is 0 Å². The number of rotatable bonds is 2. The van der Waals surface area contributed by atoms with Crippen LogP contribution in [0, 0.1) is 12.0 Å². The van der Waals surface area contributed by atoms with Gasteiger partial charge in [-0.25, -0.2) is 0 Å². The average molecular weight is 178 g/mol. The Morgan fingerprint density at radius 3 is 2.50 bits per heavy atom. The quantitative estimate of drug-likeness (QED) is 0.546. The van der Waals surface area contributed by atoms with E-state index in [1.54, 1.807) is 18.7 Å². The fraction of sp³-hybridized carbons (Fsp3) is 0.111. The van der Waals surface area contributed by atoms with Gasteiger partial charge in [0.25, 0.3) is 0 Å². The molecule has 62 valence electrons. The van der Waals surface area contributed by atoms with Crippen molar-refractivity contribution in [1.29, 1.82) is 0 Å². The molecule has 0 spiro atoms.